The summed E-state index contributed by atoms with van der Waals surface area (Å²) in [7, 11) is 0. The summed E-state index contributed by atoms with van der Waals surface area (Å²) in [6.07, 6.45) is 0. The molecule has 21 heavy (non-hydrogen) atoms. The van der Waals surface area contributed by atoms with Crippen molar-refractivity contribution < 1.29 is 14.0 Å². The molecule has 0 unspecified atom stereocenters. The molecule has 3 aromatic rings. The van der Waals surface area contributed by atoms with Crippen LogP contribution in [-0.2, 0) is 0 Å². The third-order valence-electron chi connectivity index (χ3n) is 3.05. The van der Waals surface area contributed by atoms with Gasteiger partial charge in [0, 0.05) is 9.13 Å². The zero-order chi connectivity index (χ0) is 15.0. The Morgan fingerprint density at radius 2 is 2.00 bits per heavy atom. The lowest BCUT2D eigenvalue weighted by atomic mass is 10.1. The molecule has 0 spiro atoms. The van der Waals surface area contributed by atoms with Gasteiger partial charge in [0.1, 0.15) is 11.6 Å². The third kappa shape index (κ3) is 2.76. The van der Waals surface area contributed by atoms with Gasteiger partial charge in [-0.25, -0.2) is 4.39 Å². The SMILES string of the molecule is Cc1ccc(-c2noc(-c3cc(I)ccc3O)n2)cc1F. The maximum Gasteiger partial charge on any atom is 0.262 e. The zero-order valence-corrected chi connectivity index (χ0v) is 13.1. The maximum absolute atomic E-state index is 13.6. The number of nitrogens with zero attached hydrogens (tertiary/aromatic N) is 2. The molecule has 0 fully saturated rings. The van der Waals surface area contributed by atoms with Crippen molar-refractivity contribution in [2.24, 2.45) is 0 Å². The van der Waals surface area contributed by atoms with Gasteiger partial charge < -0.3 is 9.63 Å². The Kier molecular flexibility index (Phi) is 3.62. The molecule has 1 heterocycles. The van der Waals surface area contributed by atoms with Crippen LogP contribution in [0.4, 0.5) is 4.39 Å². The smallest absolute Gasteiger partial charge is 0.262 e. The summed E-state index contributed by atoms with van der Waals surface area (Å²) in [5, 5.41) is 13.7. The quantitative estimate of drug-likeness (QED) is 0.661. The Morgan fingerprint density at radius 3 is 2.76 bits per heavy atom. The number of rotatable bonds is 2. The fraction of sp³-hybridized carbons (Fsp3) is 0.0667. The van der Waals surface area contributed by atoms with E-state index in [0.29, 0.717) is 16.7 Å². The summed E-state index contributed by atoms with van der Waals surface area (Å²) >= 11 is 2.12. The molecule has 0 bridgehead atoms. The molecule has 0 radical (unpaired) electrons. The van der Waals surface area contributed by atoms with Crippen LogP contribution in [-0.4, -0.2) is 15.2 Å². The minimum absolute atomic E-state index is 0.0562. The Morgan fingerprint density at radius 1 is 1.19 bits per heavy atom. The van der Waals surface area contributed by atoms with E-state index >= 15 is 0 Å². The van der Waals surface area contributed by atoms with E-state index in [-0.39, 0.29) is 23.3 Å². The van der Waals surface area contributed by atoms with Crippen LogP contribution in [0, 0.1) is 16.3 Å². The molecule has 4 nitrogen and oxygen atoms in total. The highest BCUT2D eigenvalue weighted by atomic mass is 127. The molecule has 0 amide bonds. The Bertz CT molecular complexity index is 817. The highest BCUT2D eigenvalue weighted by Crippen LogP contribution is 2.31. The van der Waals surface area contributed by atoms with Gasteiger partial charge in [-0.3, -0.25) is 0 Å². The molecule has 1 aromatic heterocycles. The first-order chi connectivity index (χ1) is 10.0. The van der Waals surface area contributed by atoms with Crippen LogP contribution in [0.2, 0.25) is 0 Å². The van der Waals surface area contributed by atoms with Gasteiger partial charge >= 0.3 is 0 Å². The number of aryl methyl sites for hydroxylation is 1. The number of hydrogen-bond acceptors (Lipinski definition) is 4. The topological polar surface area (TPSA) is 59.2 Å². The summed E-state index contributed by atoms with van der Waals surface area (Å²) in [6, 6.07) is 9.81. The molecular formula is C15H10FIN2O2. The van der Waals surface area contributed by atoms with Gasteiger partial charge in [-0.1, -0.05) is 17.3 Å². The van der Waals surface area contributed by atoms with Gasteiger partial charge in [-0.15, -0.1) is 0 Å². The first-order valence-corrected chi connectivity index (χ1v) is 7.21. The standard InChI is InChI=1S/C15H10FIN2O2/c1-8-2-3-9(6-12(8)16)14-18-15(21-19-14)11-7-10(17)4-5-13(11)20/h2-7,20H,1H3. The molecule has 0 saturated heterocycles. The predicted molar refractivity (Wildman–Crippen MR) is 84.2 cm³/mol. The molecule has 1 N–H and O–H groups in total. The van der Waals surface area contributed by atoms with Crippen LogP contribution in [0.1, 0.15) is 5.56 Å². The zero-order valence-electron chi connectivity index (χ0n) is 11.0. The van der Waals surface area contributed by atoms with E-state index in [4.69, 9.17) is 4.52 Å². The summed E-state index contributed by atoms with van der Waals surface area (Å²) in [4.78, 5) is 4.22. The summed E-state index contributed by atoms with van der Waals surface area (Å²) in [5.41, 5.74) is 1.53. The molecule has 0 atom stereocenters. The first kappa shape index (κ1) is 14.0. The van der Waals surface area contributed by atoms with Gasteiger partial charge in [0.15, 0.2) is 0 Å². The summed E-state index contributed by atoms with van der Waals surface area (Å²) in [5.74, 6) is 0.209. The number of aromatic nitrogens is 2. The van der Waals surface area contributed by atoms with Crippen LogP contribution >= 0.6 is 22.6 Å². The molecule has 0 saturated carbocycles. The first-order valence-electron chi connectivity index (χ1n) is 6.14. The number of phenols is 1. The van der Waals surface area contributed by atoms with Crippen LogP contribution < -0.4 is 0 Å². The van der Waals surface area contributed by atoms with E-state index < -0.39 is 0 Å². The highest BCUT2D eigenvalue weighted by molar-refractivity contribution is 14.1. The van der Waals surface area contributed by atoms with Crippen molar-refractivity contribution in [2.45, 2.75) is 6.92 Å². The molecule has 0 aliphatic heterocycles. The lowest BCUT2D eigenvalue weighted by Crippen LogP contribution is -1.86. The van der Waals surface area contributed by atoms with Crippen molar-refractivity contribution in [2.75, 3.05) is 0 Å². The number of aromatic hydroxyl groups is 1. The van der Waals surface area contributed by atoms with Crippen molar-refractivity contribution in [3.05, 3.63) is 51.3 Å². The van der Waals surface area contributed by atoms with E-state index in [1.807, 2.05) is 0 Å². The lowest BCUT2D eigenvalue weighted by Gasteiger charge is -1.99. The van der Waals surface area contributed by atoms with Crippen molar-refractivity contribution in [3.8, 4) is 28.6 Å². The second kappa shape index (κ2) is 5.44. The fourth-order valence-corrected chi connectivity index (χ4v) is 2.35. The monoisotopic (exact) mass is 396 g/mol. The second-order valence-corrected chi connectivity index (χ2v) is 5.79. The number of halogens is 2. The van der Waals surface area contributed by atoms with Crippen LogP contribution in [0.25, 0.3) is 22.8 Å². The van der Waals surface area contributed by atoms with Gasteiger partial charge in [0.05, 0.1) is 5.56 Å². The fourth-order valence-electron chi connectivity index (χ4n) is 1.86. The number of phenolic OH excluding ortho intramolecular Hbond substituents is 1. The minimum Gasteiger partial charge on any atom is -0.507 e. The van der Waals surface area contributed by atoms with Crippen molar-refractivity contribution >= 4 is 22.6 Å². The largest absolute Gasteiger partial charge is 0.507 e. The average Bonchev–Trinajstić information content (AvgIpc) is 2.94. The Labute approximate surface area is 133 Å². The van der Waals surface area contributed by atoms with E-state index in [1.165, 1.54) is 6.07 Å². The van der Waals surface area contributed by atoms with E-state index in [9.17, 15) is 9.50 Å². The predicted octanol–water partition coefficient (Wildman–Crippen LogP) is 4.16. The molecule has 6 heteroatoms. The third-order valence-corrected chi connectivity index (χ3v) is 3.72. The normalized spacial score (nSPS) is 10.8. The number of benzene rings is 2. The van der Waals surface area contributed by atoms with Crippen LogP contribution in [0.3, 0.4) is 0 Å². The van der Waals surface area contributed by atoms with Crippen LogP contribution in [0.15, 0.2) is 40.9 Å². The molecule has 0 aliphatic carbocycles. The molecule has 0 aliphatic rings. The second-order valence-electron chi connectivity index (χ2n) is 4.55. The average molecular weight is 396 g/mol. The Balaban J connectivity index is 2.03. The van der Waals surface area contributed by atoms with Crippen molar-refractivity contribution in [3.63, 3.8) is 0 Å². The lowest BCUT2D eigenvalue weighted by molar-refractivity contribution is 0.425. The van der Waals surface area contributed by atoms with Gasteiger partial charge in [0.2, 0.25) is 5.82 Å². The number of hydrogen-bond donors (Lipinski definition) is 1. The molecular weight excluding hydrogens is 386 g/mol. The maximum atomic E-state index is 13.6. The van der Waals surface area contributed by atoms with Crippen molar-refractivity contribution in [1.82, 2.24) is 10.1 Å². The van der Waals surface area contributed by atoms with E-state index in [2.05, 4.69) is 32.7 Å². The van der Waals surface area contributed by atoms with Gasteiger partial charge in [-0.05, 0) is 59.3 Å². The highest BCUT2D eigenvalue weighted by Gasteiger charge is 2.15. The molecule has 106 valence electrons. The minimum atomic E-state index is -0.323. The summed E-state index contributed by atoms with van der Waals surface area (Å²) in [6.45, 7) is 1.69. The Hall–Kier alpha value is -1.96. The van der Waals surface area contributed by atoms with Gasteiger partial charge in [0.25, 0.3) is 5.89 Å². The summed E-state index contributed by atoms with van der Waals surface area (Å²) < 4.78 is 19.7. The molecule has 2 aromatic carbocycles. The van der Waals surface area contributed by atoms with Crippen LogP contribution in [0.5, 0.6) is 5.75 Å². The molecule has 3 rings (SSSR count). The van der Waals surface area contributed by atoms with Gasteiger partial charge in [-0.2, -0.15) is 4.98 Å². The van der Waals surface area contributed by atoms with Crippen molar-refractivity contribution in [1.29, 1.82) is 0 Å². The van der Waals surface area contributed by atoms with E-state index in [1.54, 1.807) is 37.3 Å². The van der Waals surface area contributed by atoms with E-state index in [0.717, 1.165) is 3.57 Å².